The maximum absolute atomic E-state index is 12.5. The summed E-state index contributed by atoms with van der Waals surface area (Å²) in [5.41, 5.74) is 3.25. The largest absolute Gasteiger partial charge is 0.465 e. The minimum atomic E-state index is -0.372. The molecule has 1 atom stereocenters. The van der Waals surface area contributed by atoms with Gasteiger partial charge in [-0.25, -0.2) is 4.79 Å². The molecule has 3 rings (SSSR count). The SMILES string of the molecule is COC(=O)c1cc(NC(=O)C2CC23CCNCC3)cc(C)c1C.Cl. The number of halogens is 1. The van der Waals surface area contributed by atoms with Gasteiger partial charge in [0.25, 0.3) is 0 Å². The zero-order chi connectivity index (χ0) is 16.6. The van der Waals surface area contributed by atoms with Gasteiger partial charge in [-0.3, -0.25) is 4.79 Å². The fourth-order valence-electron chi connectivity index (χ4n) is 3.68. The number of benzene rings is 1. The van der Waals surface area contributed by atoms with Crippen molar-refractivity contribution < 1.29 is 14.3 Å². The highest BCUT2D eigenvalue weighted by molar-refractivity contribution is 5.98. The van der Waals surface area contributed by atoms with Crippen molar-refractivity contribution in [3.05, 3.63) is 28.8 Å². The Kier molecular flexibility index (Phi) is 5.56. The van der Waals surface area contributed by atoms with E-state index in [1.54, 1.807) is 6.07 Å². The first kappa shape index (κ1) is 18.7. The summed E-state index contributed by atoms with van der Waals surface area (Å²) in [7, 11) is 1.37. The number of amides is 1. The Morgan fingerprint density at radius 2 is 1.92 bits per heavy atom. The first-order valence-electron chi connectivity index (χ1n) is 8.18. The Balaban J connectivity index is 0.00000208. The van der Waals surface area contributed by atoms with E-state index < -0.39 is 0 Å². The van der Waals surface area contributed by atoms with Gasteiger partial charge in [-0.05, 0) is 74.9 Å². The van der Waals surface area contributed by atoms with E-state index in [0.29, 0.717) is 11.3 Å². The molecule has 1 aliphatic carbocycles. The average Bonchev–Trinajstić information content (AvgIpc) is 3.24. The van der Waals surface area contributed by atoms with Crippen LogP contribution in [0.3, 0.4) is 0 Å². The van der Waals surface area contributed by atoms with Gasteiger partial charge in [-0.15, -0.1) is 12.4 Å². The number of carbonyl (C=O) groups excluding carboxylic acids is 2. The van der Waals surface area contributed by atoms with Gasteiger partial charge in [0.15, 0.2) is 0 Å². The van der Waals surface area contributed by atoms with Gasteiger partial charge in [0.1, 0.15) is 0 Å². The first-order valence-corrected chi connectivity index (χ1v) is 8.18. The third kappa shape index (κ3) is 3.42. The van der Waals surface area contributed by atoms with Crippen LogP contribution < -0.4 is 10.6 Å². The molecule has 1 amide bonds. The number of piperidine rings is 1. The molecule has 0 aromatic heterocycles. The van der Waals surface area contributed by atoms with Gasteiger partial charge >= 0.3 is 5.97 Å². The molecular weight excluding hydrogens is 328 g/mol. The third-order valence-corrected chi connectivity index (χ3v) is 5.45. The van der Waals surface area contributed by atoms with Crippen molar-refractivity contribution in [2.45, 2.75) is 33.1 Å². The Hall–Kier alpha value is -1.59. The Labute approximate surface area is 148 Å². The van der Waals surface area contributed by atoms with Crippen LogP contribution in [0.4, 0.5) is 5.69 Å². The number of ether oxygens (including phenoxy) is 1. The third-order valence-electron chi connectivity index (χ3n) is 5.45. The molecule has 1 heterocycles. The number of aryl methyl sites for hydroxylation is 1. The second kappa shape index (κ2) is 7.11. The molecule has 1 spiro atoms. The Bertz CT molecular complexity index is 654. The number of hydrogen-bond acceptors (Lipinski definition) is 4. The molecule has 1 aromatic rings. The van der Waals surface area contributed by atoms with Crippen LogP contribution in [-0.2, 0) is 9.53 Å². The lowest BCUT2D eigenvalue weighted by Gasteiger charge is -2.23. The van der Waals surface area contributed by atoms with Crippen LogP contribution in [0, 0.1) is 25.2 Å². The number of anilines is 1. The minimum Gasteiger partial charge on any atom is -0.465 e. The van der Waals surface area contributed by atoms with Crippen molar-refractivity contribution in [1.29, 1.82) is 0 Å². The van der Waals surface area contributed by atoms with Gasteiger partial charge in [0, 0.05) is 11.6 Å². The summed E-state index contributed by atoms with van der Waals surface area (Å²) in [5, 5.41) is 6.34. The van der Waals surface area contributed by atoms with Crippen molar-refractivity contribution in [3.63, 3.8) is 0 Å². The van der Waals surface area contributed by atoms with Gasteiger partial charge in [0.05, 0.1) is 12.7 Å². The summed E-state index contributed by atoms with van der Waals surface area (Å²) in [6, 6.07) is 3.63. The fraction of sp³-hybridized carbons (Fsp3) is 0.556. The van der Waals surface area contributed by atoms with E-state index in [2.05, 4.69) is 10.6 Å². The Morgan fingerprint density at radius 1 is 1.25 bits per heavy atom. The molecular formula is C18H25ClN2O3. The van der Waals surface area contributed by atoms with Crippen LogP contribution in [0.1, 0.15) is 40.7 Å². The molecule has 2 fully saturated rings. The Morgan fingerprint density at radius 3 is 2.54 bits per heavy atom. The van der Waals surface area contributed by atoms with E-state index in [1.165, 1.54) is 7.11 Å². The molecule has 132 valence electrons. The van der Waals surface area contributed by atoms with Crippen molar-refractivity contribution in [1.82, 2.24) is 5.32 Å². The van der Waals surface area contributed by atoms with E-state index in [9.17, 15) is 9.59 Å². The minimum absolute atomic E-state index is 0. The normalized spacial score (nSPS) is 20.9. The maximum atomic E-state index is 12.5. The number of nitrogens with one attached hydrogen (secondary N) is 2. The van der Waals surface area contributed by atoms with Gasteiger partial charge in [0.2, 0.25) is 5.91 Å². The van der Waals surface area contributed by atoms with E-state index in [4.69, 9.17) is 4.74 Å². The molecule has 1 aliphatic heterocycles. The number of hydrogen-bond donors (Lipinski definition) is 2. The molecule has 1 saturated heterocycles. The molecule has 24 heavy (non-hydrogen) atoms. The van der Waals surface area contributed by atoms with Crippen LogP contribution in [-0.4, -0.2) is 32.1 Å². The molecule has 5 nitrogen and oxygen atoms in total. The van der Waals surface area contributed by atoms with Crippen LogP contribution in [0.2, 0.25) is 0 Å². The highest BCUT2D eigenvalue weighted by Gasteiger charge is 2.57. The van der Waals surface area contributed by atoms with E-state index in [-0.39, 0.29) is 35.6 Å². The number of carbonyl (C=O) groups is 2. The standard InChI is InChI=1S/C18H24N2O3.ClH/c1-11-8-13(9-14(12(11)2)17(22)23-3)20-16(21)15-10-18(15)4-6-19-7-5-18;/h8-9,15,19H,4-7,10H2,1-3H3,(H,20,21);1H. The lowest BCUT2D eigenvalue weighted by molar-refractivity contribution is -0.118. The average molecular weight is 353 g/mol. The summed E-state index contributed by atoms with van der Waals surface area (Å²) < 4.78 is 4.82. The smallest absolute Gasteiger partial charge is 0.338 e. The molecule has 6 heteroatoms. The van der Waals surface area contributed by atoms with E-state index in [1.807, 2.05) is 19.9 Å². The fourth-order valence-corrected chi connectivity index (χ4v) is 3.68. The second-order valence-electron chi connectivity index (χ2n) is 6.82. The monoisotopic (exact) mass is 352 g/mol. The molecule has 1 unspecified atom stereocenters. The van der Waals surface area contributed by atoms with E-state index >= 15 is 0 Å². The predicted molar refractivity (Wildman–Crippen MR) is 95.8 cm³/mol. The maximum Gasteiger partial charge on any atom is 0.338 e. The summed E-state index contributed by atoms with van der Waals surface area (Å²) >= 11 is 0. The quantitative estimate of drug-likeness (QED) is 0.821. The molecule has 1 aromatic carbocycles. The number of methoxy groups -OCH3 is 1. The van der Waals surface area contributed by atoms with Crippen molar-refractivity contribution in [2.24, 2.45) is 11.3 Å². The van der Waals surface area contributed by atoms with E-state index in [0.717, 1.165) is 43.5 Å². The van der Waals surface area contributed by atoms with Gasteiger partial charge in [-0.1, -0.05) is 0 Å². The highest BCUT2D eigenvalue weighted by Crippen LogP contribution is 2.58. The molecule has 2 aliphatic rings. The number of esters is 1. The molecule has 1 saturated carbocycles. The summed E-state index contributed by atoms with van der Waals surface area (Å²) in [4.78, 5) is 24.4. The van der Waals surface area contributed by atoms with Gasteiger partial charge < -0.3 is 15.4 Å². The molecule has 2 N–H and O–H groups in total. The topological polar surface area (TPSA) is 67.4 Å². The molecule has 0 bridgehead atoms. The van der Waals surface area contributed by atoms with Crippen LogP contribution in [0.5, 0.6) is 0 Å². The molecule has 0 radical (unpaired) electrons. The van der Waals surface area contributed by atoms with Crippen LogP contribution in [0.25, 0.3) is 0 Å². The highest BCUT2D eigenvalue weighted by atomic mass is 35.5. The lowest BCUT2D eigenvalue weighted by atomic mass is 9.91. The van der Waals surface area contributed by atoms with Crippen LogP contribution >= 0.6 is 12.4 Å². The second-order valence-corrected chi connectivity index (χ2v) is 6.82. The first-order chi connectivity index (χ1) is 11.0. The summed E-state index contributed by atoms with van der Waals surface area (Å²) in [6.45, 7) is 5.82. The van der Waals surface area contributed by atoms with Crippen molar-refractivity contribution in [3.8, 4) is 0 Å². The summed E-state index contributed by atoms with van der Waals surface area (Å²) in [5.74, 6) is -0.193. The van der Waals surface area contributed by atoms with Crippen molar-refractivity contribution >= 4 is 30.0 Å². The lowest BCUT2D eigenvalue weighted by Crippen LogP contribution is -2.31. The van der Waals surface area contributed by atoms with Crippen LogP contribution in [0.15, 0.2) is 12.1 Å². The van der Waals surface area contributed by atoms with Crippen molar-refractivity contribution in [2.75, 3.05) is 25.5 Å². The van der Waals surface area contributed by atoms with Gasteiger partial charge in [-0.2, -0.15) is 0 Å². The predicted octanol–water partition coefficient (Wildman–Crippen LogP) is 2.84. The number of rotatable bonds is 3. The summed E-state index contributed by atoms with van der Waals surface area (Å²) in [6.07, 6.45) is 3.13. The zero-order valence-electron chi connectivity index (χ0n) is 14.4. The zero-order valence-corrected chi connectivity index (χ0v) is 15.2.